The van der Waals surface area contributed by atoms with Crippen LogP contribution in [0.4, 0.5) is 11.4 Å². The van der Waals surface area contributed by atoms with Gasteiger partial charge in [0.1, 0.15) is 5.75 Å². The summed E-state index contributed by atoms with van der Waals surface area (Å²) in [6.07, 6.45) is 4.45. The molecule has 8 heteroatoms. The third kappa shape index (κ3) is 3.32. The smallest absolute Gasteiger partial charge is 0.269 e. The monoisotopic (exact) mass is 377 g/mol. The number of hydrazone groups is 1. The third-order valence-electron chi connectivity index (χ3n) is 4.78. The third-order valence-corrected chi connectivity index (χ3v) is 4.78. The van der Waals surface area contributed by atoms with Crippen molar-refractivity contribution in [1.29, 1.82) is 0 Å². The summed E-state index contributed by atoms with van der Waals surface area (Å²) in [5.41, 5.74) is 3.49. The molecule has 2 heterocycles. The normalized spacial score (nSPS) is 16.2. The summed E-state index contributed by atoms with van der Waals surface area (Å²) in [4.78, 5) is 10.5. The Labute approximate surface area is 161 Å². The van der Waals surface area contributed by atoms with Crippen LogP contribution in [0, 0.1) is 10.1 Å². The number of hydrogen-bond donors (Lipinski definition) is 1. The molecule has 2 aromatic carbocycles. The zero-order valence-electron chi connectivity index (χ0n) is 15.3. The predicted molar refractivity (Wildman–Crippen MR) is 105 cm³/mol. The lowest BCUT2D eigenvalue weighted by molar-refractivity contribution is -0.384. The molecule has 0 unspecified atom stereocenters. The van der Waals surface area contributed by atoms with Gasteiger partial charge in [0.05, 0.1) is 28.6 Å². The van der Waals surface area contributed by atoms with Crippen LogP contribution in [0.5, 0.6) is 5.75 Å². The van der Waals surface area contributed by atoms with E-state index >= 15 is 0 Å². The van der Waals surface area contributed by atoms with Gasteiger partial charge in [-0.05, 0) is 31.2 Å². The number of aryl methyl sites for hydroxylation is 1. The van der Waals surface area contributed by atoms with E-state index in [-0.39, 0.29) is 17.5 Å². The molecule has 4 rings (SSSR count). The molecule has 0 aliphatic carbocycles. The molecule has 0 amide bonds. The van der Waals surface area contributed by atoms with E-state index in [1.807, 2.05) is 35.1 Å². The van der Waals surface area contributed by atoms with Crippen LogP contribution in [0.1, 0.15) is 30.5 Å². The minimum atomic E-state index is -0.419. The maximum atomic E-state index is 11.0. The van der Waals surface area contributed by atoms with E-state index in [1.54, 1.807) is 30.3 Å². The first-order valence-corrected chi connectivity index (χ1v) is 8.98. The number of non-ortho nitro benzene ring substituents is 1. The van der Waals surface area contributed by atoms with Gasteiger partial charge < -0.3 is 5.11 Å². The lowest BCUT2D eigenvalue weighted by Crippen LogP contribution is -2.18. The highest BCUT2D eigenvalue weighted by molar-refractivity contribution is 6.03. The molecule has 1 aromatic heterocycles. The van der Waals surface area contributed by atoms with Gasteiger partial charge >= 0.3 is 0 Å². The summed E-state index contributed by atoms with van der Waals surface area (Å²) in [5.74, 6) is 0.185. The Hall–Kier alpha value is -3.68. The summed E-state index contributed by atoms with van der Waals surface area (Å²) in [7, 11) is 0. The zero-order valence-corrected chi connectivity index (χ0v) is 15.3. The van der Waals surface area contributed by atoms with Gasteiger partial charge in [0.2, 0.25) is 0 Å². The maximum Gasteiger partial charge on any atom is 0.269 e. The van der Waals surface area contributed by atoms with Gasteiger partial charge in [-0.1, -0.05) is 12.1 Å². The molecular weight excluding hydrogens is 358 g/mol. The molecule has 0 saturated carbocycles. The fraction of sp³-hybridized carbons (Fsp3) is 0.200. The van der Waals surface area contributed by atoms with E-state index in [0.29, 0.717) is 6.42 Å². The predicted octanol–water partition coefficient (Wildman–Crippen LogP) is 3.87. The molecule has 1 aliphatic heterocycles. The molecule has 1 atom stereocenters. The molecule has 0 saturated heterocycles. The van der Waals surface area contributed by atoms with Crippen molar-refractivity contribution >= 4 is 17.1 Å². The molecular formula is C20H19N5O3. The number of aromatic hydroxyl groups is 1. The maximum absolute atomic E-state index is 11.0. The first-order chi connectivity index (χ1) is 13.5. The van der Waals surface area contributed by atoms with Crippen LogP contribution in [0.15, 0.2) is 66.0 Å². The highest BCUT2D eigenvalue weighted by Crippen LogP contribution is 2.37. The van der Waals surface area contributed by atoms with Gasteiger partial charge in [-0.25, -0.2) is 0 Å². The summed E-state index contributed by atoms with van der Waals surface area (Å²) < 4.78 is 1.86. The molecule has 1 N–H and O–H groups in total. The van der Waals surface area contributed by atoms with Gasteiger partial charge in [-0.15, -0.1) is 0 Å². The zero-order chi connectivity index (χ0) is 19.7. The van der Waals surface area contributed by atoms with Crippen molar-refractivity contribution in [3.8, 4) is 5.75 Å². The summed E-state index contributed by atoms with van der Waals surface area (Å²) in [6, 6.07) is 13.3. The first kappa shape index (κ1) is 17.7. The molecule has 3 aromatic rings. The van der Waals surface area contributed by atoms with Crippen molar-refractivity contribution in [2.45, 2.75) is 25.9 Å². The quantitative estimate of drug-likeness (QED) is 0.538. The number of nitrogens with zero attached hydrogens (tertiary/aromatic N) is 5. The second-order valence-electron chi connectivity index (χ2n) is 6.56. The molecule has 8 nitrogen and oxygen atoms in total. The van der Waals surface area contributed by atoms with Gasteiger partial charge in [0.25, 0.3) is 5.69 Å². The lowest BCUT2D eigenvalue weighted by atomic mass is 10.0. The molecule has 142 valence electrons. The van der Waals surface area contributed by atoms with Crippen LogP contribution in [0.25, 0.3) is 0 Å². The van der Waals surface area contributed by atoms with Crippen molar-refractivity contribution in [2.75, 3.05) is 5.01 Å². The van der Waals surface area contributed by atoms with E-state index in [0.717, 1.165) is 29.1 Å². The Morgan fingerprint density at radius 1 is 1.25 bits per heavy atom. The van der Waals surface area contributed by atoms with Crippen molar-refractivity contribution in [3.63, 3.8) is 0 Å². The molecule has 0 radical (unpaired) electrons. The van der Waals surface area contributed by atoms with Crippen LogP contribution in [-0.2, 0) is 6.54 Å². The van der Waals surface area contributed by atoms with Crippen LogP contribution in [0.3, 0.4) is 0 Å². The van der Waals surface area contributed by atoms with E-state index in [2.05, 4.69) is 5.10 Å². The summed E-state index contributed by atoms with van der Waals surface area (Å²) in [5, 5.41) is 31.8. The summed E-state index contributed by atoms with van der Waals surface area (Å²) in [6.45, 7) is 2.79. The number of rotatable bonds is 5. The van der Waals surface area contributed by atoms with Crippen molar-refractivity contribution in [3.05, 3.63) is 82.2 Å². The largest absolute Gasteiger partial charge is 0.508 e. The minimum Gasteiger partial charge on any atom is -0.508 e. The van der Waals surface area contributed by atoms with Gasteiger partial charge in [-0.2, -0.15) is 10.2 Å². The standard InChI is InChI=1S/C20H19N5O3/c1-2-23-13-15(12-21-23)20-11-19(14-4-3-5-18(26)10-14)22-24(20)16-6-8-17(9-7-16)25(27)28/h3-10,12-13,20,26H,2,11H2,1H3/t20-/m0/s1. The fourth-order valence-corrected chi connectivity index (χ4v) is 3.32. The molecule has 0 spiro atoms. The number of anilines is 1. The number of phenolic OH excluding ortho intramolecular Hbond substituents is 1. The average Bonchev–Trinajstić information content (AvgIpc) is 3.35. The lowest BCUT2D eigenvalue weighted by Gasteiger charge is -2.22. The average molecular weight is 377 g/mol. The molecule has 0 bridgehead atoms. The number of phenols is 1. The summed E-state index contributed by atoms with van der Waals surface area (Å²) >= 11 is 0. The Morgan fingerprint density at radius 2 is 2.04 bits per heavy atom. The SMILES string of the molecule is CCn1cc([C@@H]2CC(c3cccc(O)c3)=NN2c2ccc([N+](=O)[O-])cc2)cn1. The second kappa shape index (κ2) is 7.15. The van der Waals surface area contributed by atoms with Crippen molar-refractivity contribution in [2.24, 2.45) is 5.10 Å². The number of nitro groups is 1. The van der Waals surface area contributed by atoms with E-state index in [4.69, 9.17) is 5.10 Å². The van der Waals surface area contributed by atoms with E-state index in [1.165, 1.54) is 12.1 Å². The molecule has 0 fully saturated rings. The fourth-order valence-electron chi connectivity index (χ4n) is 3.32. The Bertz CT molecular complexity index is 1040. The van der Waals surface area contributed by atoms with Crippen LogP contribution in [0.2, 0.25) is 0 Å². The van der Waals surface area contributed by atoms with Crippen LogP contribution < -0.4 is 5.01 Å². The van der Waals surface area contributed by atoms with Crippen LogP contribution >= 0.6 is 0 Å². The first-order valence-electron chi connectivity index (χ1n) is 8.98. The number of aromatic nitrogens is 2. The van der Waals surface area contributed by atoms with E-state index < -0.39 is 4.92 Å². The number of nitro benzene ring substituents is 1. The van der Waals surface area contributed by atoms with Gasteiger partial charge in [0.15, 0.2) is 0 Å². The molecule has 1 aliphatic rings. The Balaban J connectivity index is 1.73. The van der Waals surface area contributed by atoms with Gasteiger partial charge in [0, 0.05) is 42.4 Å². The minimum absolute atomic E-state index is 0.0375. The highest BCUT2D eigenvalue weighted by Gasteiger charge is 2.31. The van der Waals surface area contributed by atoms with Gasteiger partial charge in [-0.3, -0.25) is 19.8 Å². The Morgan fingerprint density at radius 3 is 2.68 bits per heavy atom. The van der Waals surface area contributed by atoms with E-state index in [9.17, 15) is 15.2 Å². The second-order valence-corrected chi connectivity index (χ2v) is 6.56. The van der Waals surface area contributed by atoms with Crippen molar-refractivity contribution < 1.29 is 10.0 Å². The number of benzene rings is 2. The van der Waals surface area contributed by atoms with Crippen LogP contribution in [-0.4, -0.2) is 25.5 Å². The topological polar surface area (TPSA) is 96.8 Å². The number of hydrogen-bond acceptors (Lipinski definition) is 6. The Kier molecular flexibility index (Phi) is 4.52. The highest BCUT2D eigenvalue weighted by atomic mass is 16.6. The van der Waals surface area contributed by atoms with Crippen molar-refractivity contribution in [1.82, 2.24) is 9.78 Å². The molecule has 28 heavy (non-hydrogen) atoms.